The van der Waals surface area contributed by atoms with Crippen molar-refractivity contribution in [1.82, 2.24) is 9.80 Å². The smallest absolute Gasteiger partial charge is 0.286 e. The Labute approximate surface area is 188 Å². The number of rotatable bonds is 7. The van der Waals surface area contributed by atoms with Crippen LogP contribution in [0.3, 0.4) is 0 Å². The molecule has 4 rings (SSSR count). The second-order valence-corrected chi connectivity index (χ2v) is 8.81. The fourth-order valence-corrected chi connectivity index (χ4v) is 4.63. The average Bonchev–Trinajstić information content (AvgIpc) is 3.16. The lowest BCUT2D eigenvalue weighted by Gasteiger charge is -2.35. The van der Waals surface area contributed by atoms with Gasteiger partial charge in [-0.2, -0.15) is 4.99 Å². The van der Waals surface area contributed by atoms with E-state index in [0.717, 1.165) is 62.0 Å². The Bertz CT molecular complexity index is 950. The molecular weight excluding hydrogens is 406 g/mol. The van der Waals surface area contributed by atoms with Crippen LogP contribution in [-0.4, -0.2) is 53.7 Å². The minimum Gasteiger partial charge on any atom is -0.493 e. The van der Waals surface area contributed by atoms with Gasteiger partial charge < -0.3 is 9.64 Å². The molecule has 0 radical (unpaired) electrons. The molecule has 1 saturated heterocycles. The van der Waals surface area contributed by atoms with Gasteiger partial charge in [0.2, 0.25) is 0 Å². The molecule has 1 fully saturated rings. The molecule has 2 aromatic rings. The summed E-state index contributed by atoms with van der Waals surface area (Å²) in [7, 11) is 0. The Morgan fingerprint density at radius 2 is 1.77 bits per heavy atom. The molecule has 0 bridgehead atoms. The number of amidine groups is 1. The van der Waals surface area contributed by atoms with Gasteiger partial charge in [0.25, 0.3) is 5.91 Å². The fraction of sp³-hybridized carbons (Fsp3) is 0.360. The first kappa shape index (κ1) is 21.7. The van der Waals surface area contributed by atoms with Gasteiger partial charge in [-0.3, -0.25) is 9.69 Å². The van der Waals surface area contributed by atoms with Crippen molar-refractivity contribution in [1.29, 1.82) is 0 Å². The molecule has 31 heavy (non-hydrogen) atoms. The highest BCUT2D eigenvalue weighted by Crippen LogP contribution is 2.32. The Balaban J connectivity index is 1.35. The maximum Gasteiger partial charge on any atom is 0.286 e. The number of benzene rings is 2. The van der Waals surface area contributed by atoms with E-state index in [0.29, 0.717) is 11.5 Å². The van der Waals surface area contributed by atoms with E-state index < -0.39 is 0 Å². The zero-order chi connectivity index (χ0) is 21.5. The van der Waals surface area contributed by atoms with Crippen molar-refractivity contribution in [2.45, 2.75) is 26.3 Å². The quantitative estimate of drug-likeness (QED) is 0.468. The lowest BCUT2D eigenvalue weighted by molar-refractivity contribution is -0.113. The van der Waals surface area contributed by atoms with Crippen molar-refractivity contribution < 1.29 is 9.53 Å². The number of aliphatic imine (C=N–C) groups is 1. The van der Waals surface area contributed by atoms with Crippen molar-refractivity contribution in [3.8, 4) is 5.75 Å². The number of unbranched alkanes of at least 4 members (excludes halogenated alkanes) is 1. The number of carbonyl (C=O) groups is 1. The van der Waals surface area contributed by atoms with Gasteiger partial charge in [0.05, 0.1) is 11.5 Å². The van der Waals surface area contributed by atoms with Crippen molar-refractivity contribution >= 4 is 28.9 Å². The minimum absolute atomic E-state index is 0.157. The molecule has 2 aliphatic rings. The maximum absolute atomic E-state index is 12.6. The Kier molecular flexibility index (Phi) is 7.43. The zero-order valence-corrected chi connectivity index (χ0v) is 18.8. The number of piperazine rings is 1. The van der Waals surface area contributed by atoms with Crippen LogP contribution in [0.2, 0.25) is 0 Å². The number of carbonyl (C=O) groups excluding carboxylic acids is 1. The molecule has 0 aromatic heterocycles. The molecule has 0 unspecified atom stereocenters. The van der Waals surface area contributed by atoms with E-state index in [-0.39, 0.29) is 5.91 Å². The molecule has 5 nitrogen and oxygen atoms in total. The highest BCUT2D eigenvalue weighted by atomic mass is 32.2. The Hall–Kier alpha value is -2.57. The summed E-state index contributed by atoms with van der Waals surface area (Å²) in [5.41, 5.74) is 2.27. The number of thioether (sulfide) groups is 1. The van der Waals surface area contributed by atoms with Crippen LogP contribution in [0.5, 0.6) is 5.75 Å². The van der Waals surface area contributed by atoms with E-state index in [1.807, 2.05) is 30.3 Å². The standard InChI is InChI=1S/C25H29N3O2S/c1-2-3-17-30-22-12-8-7-11-21(22)18-23-24(29)26-25(31-23)28-15-13-27(14-16-28)19-20-9-5-4-6-10-20/h4-12,18H,2-3,13-17,19H2,1H3. The lowest BCUT2D eigenvalue weighted by atomic mass is 10.2. The third-order valence-corrected chi connectivity index (χ3v) is 6.51. The monoisotopic (exact) mass is 435 g/mol. The summed E-state index contributed by atoms with van der Waals surface area (Å²) < 4.78 is 5.91. The fourth-order valence-electron chi connectivity index (χ4n) is 3.67. The van der Waals surface area contributed by atoms with E-state index >= 15 is 0 Å². The molecule has 2 heterocycles. The molecule has 2 aromatic carbocycles. The minimum atomic E-state index is -0.157. The number of hydrogen-bond donors (Lipinski definition) is 0. The molecule has 1 amide bonds. The predicted molar refractivity (Wildman–Crippen MR) is 128 cm³/mol. The Morgan fingerprint density at radius 3 is 2.55 bits per heavy atom. The van der Waals surface area contributed by atoms with Crippen LogP contribution in [0.1, 0.15) is 30.9 Å². The second kappa shape index (κ2) is 10.6. The van der Waals surface area contributed by atoms with Gasteiger partial charge in [-0.15, -0.1) is 0 Å². The first-order chi connectivity index (χ1) is 15.2. The summed E-state index contributed by atoms with van der Waals surface area (Å²) in [6.45, 7) is 7.50. The number of amides is 1. The number of nitrogens with zero attached hydrogens (tertiary/aromatic N) is 3. The number of hydrogen-bond acceptors (Lipinski definition) is 5. The number of para-hydroxylation sites is 1. The van der Waals surface area contributed by atoms with E-state index in [4.69, 9.17) is 4.74 Å². The molecule has 0 N–H and O–H groups in total. The summed E-state index contributed by atoms with van der Waals surface area (Å²) in [5.74, 6) is 0.662. The first-order valence-corrected chi connectivity index (χ1v) is 11.8. The SMILES string of the molecule is CCCCOc1ccccc1C=C1SC(N2CCN(Cc3ccccc3)CC2)=NC1=O. The highest BCUT2D eigenvalue weighted by molar-refractivity contribution is 8.18. The van der Waals surface area contributed by atoms with Crippen LogP contribution in [-0.2, 0) is 11.3 Å². The van der Waals surface area contributed by atoms with Gasteiger partial charge in [0, 0.05) is 38.3 Å². The topological polar surface area (TPSA) is 45.1 Å². The van der Waals surface area contributed by atoms with Gasteiger partial charge in [0.15, 0.2) is 5.17 Å². The van der Waals surface area contributed by atoms with Crippen molar-refractivity contribution in [3.05, 3.63) is 70.6 Å². The number of ether oxygens (including phenoxy) is 1. The van der Waals surface area contributed by atoms with Crippen LogP contribution < -0.4 is 4.74 Å². The maximum atomic E-state index is 12.6. The summed E-state index contributed by atoms with van der Waals surface area (Å²) in [6.07, 6.45) is 4.02. The van der Waals surface area contributed by atoms with Crippen LogP contribution >= 0.6 is 11.8 Å². The molecule has 0 aliphatic carbocycles. The lowest BCUT2D eigenvalue weighted by Crippen LogP contribution is -2.47. The molecule has 2 aliphatic heterocycles. The third kappa shape index (κ3) is 5.77. The van der Waals surface area contributed by atoms with Crippen LogP contribution in [0, 0.1) is 0 Å². The average molecular weight is 436 g/mol. The van der Waals surface area contributed by atoms with Gasteiger partial charge in [-0.1, -0.05) is 61.9 Å². The van der Waals surface area contributed by atoms with Crippen molar-refractivity contribution in [2.75, 3.05) is 32.8 Å². The molecule has 0 spiro atoms. The third-order valence-electron chi connectivity index (χ3n) is 5.46. The van der Waals surface area contributed by atoms with Crippen LogP contribution in [0.15, 0.2) is 64.5 Å². The summed E-state index contributed by atoms with van der Waals surface area (Å²) in [5, 5.41) is 0.819. The normalized spacial score (nSPS) is 18.5. The van der Waals surface area contributed by atoms with E-state index in [1.54, 1.807) is 0 Å². The van der Waals surface area contributed by atoms with E-state index in [2.05, 4.69) is 52.0 Å². The Morgan fingerprint density at radius 1 is 1.03 bits per heavy atom. The van der Waals surface area contributed by atoms with Crippen molar-refractivity contribution in [2.24, 2.45) is 4.99 Å². The second-order valence-electron chi connectivity index (χ2n) is 7.80. The summed E-state index contributed by atoms with van der Waals surface area (Å²) in [6, 6.07) is 18.4. The van der Waals surface area contributed by atoms with Crippen LogP contribution in [0.4, 0.5) is 0 Å². The summed E-state index contributed by atoms with van der Waals surface area (Å²) >= 11 is 1.48. The molecule has 6 heteroatoms. The van der Waals surface area contributed by atoms with E-state index in [9.17, 15) is 4.79 Å². The summed E-state index contributed by atoms with van der Waals surface area (Å²) in [4.78, 5) is 22.2. The largest absolute Gasteiger partial charge is 0.493 e. The molecule has 0 saturated carbocycles. The molecule has 162 valence electrons. The molecular formula is C25H29N3O2S. The van der Waals surface area contributed by atoms with Gasteiger partial charge in [-0.25, -0.2) is 0 Å². The first-order valence-electron chi connectivity index (χ1n) is 11.0. The highest BCUT2D eigenvalue weighted by Gasteiger charge is 2.28. The van der Waals surface area contributed by atoms with Gasteiger partial charge >= 0.3 is 0 Å². The zero-order valence-electron chi connectivity index (χ0n) is 18.0. The predicted octanol–water partition coefficient (Wildman–Crippen LogP) is 4.65. The van der Waals surface area contributed by atoms with Gasteiger partial charge in [-0.05, 0) is 35.9 Å². The van der Waals surface area contributed by atoms with E-state index in [1.165, 1.54) is 17.3 Å². The van der Waals surface area contributed by atoms with Crippen LogP contribution in [0.25, 0.3) is 6.08 Å². The van der Waals surface area contributed by atoms with Gasteiger partial charge in [0.1, 0.15) is 5.75 Å². The van der Waals surface area contributed by atoms with Crippen molar-refractivity contribution in [3.63, 3.8) is 0 Å². The molecule has 0 atom stereocenters.